The van der Waals surface area contributed by atoms with Crippen molar-refractivity contribution in [3.63, 3.8) is 0 Å². The molecule has 13 heteroatoms. The van der Waals surface area contributed by atoms with Gasteiger partial charge in [-0.05, 0) is 95.1 Å². The summed E-state index contributed by atoms with van der Waals surface area (Å²) in [7, 11) is 2.12. The van der Waals surface area contributed by atoms with Crippen LogP contribution >= 0.6 is 0 Å². The van der Waals surface area contributed by atoms with E-state index in [1.54, 1.807) is 23.0 Å². The van der Waals surface area contributed by atoms with Crippen molar-refractivity contribution in [2.45, 2.75) is 81.9 Å². The van der Waals surface area contributed by atoms with Gasteiger partial charge in [0.1, 0.15) is 12.2 Å². The van der Waals surface area contributed by atoms with E-state index >= 15 is 0 Å². The van der Waals surface area contributed by atoms with E-state index in [1.165, 1.54) is 0 Å². The zero-order chi connectivity index (χ0) is 33.0. The van der Waals surface area contributed by atoms with Gasteiger partial charge in [0.05, 0.1) is 23.6 Å². The number of nitrogens with zero attached hydrogens (tertiary/aromatic N) is 7. The maximum atomic E-state index is 13.0. The monoisotopic (exact) mass is 649 g/mol. The quantitative estimate of drug-likeness (QED) is 0.280. The molecule has 248 valence electrons. The van der Waals surface area contributed by atoms with Gasteiger partial charge >= 0.3 is 0 Å². The summed E-state index contributed by atoms with van der Waals surface area (Å²) in [5.41, 5.74) is 10.7. The molecular formula is C35H39N9O4. The number of carbonyl (C=O) groups is 1. The van der Waals surface area contributed by atoms with Gasteiger partial charge < -0.3 is 25.0 Å². The molecule has 0 saturated carbocycles. The van der Waals surface area contributed by atoms with Crippen molar-refractivity contribution in [3.8, 4) is 29.3 Å². The number of hydrogen-bond acceptors (Lipinski definition) is 11. The molecule has 2 fully saturated rings. The van der Waals surface area contributed by atoms with Crippen LogP contribution in [0.5, 0.6) is 5.88 Å². The minimum Gasteiger partial charge on any atom is -0.473 e. The zero-order valence-corrected chi connectivity index (χ0v) is 27.2. The van der Waals surface area contributed by atoms with Crippen LogP contribution in [-0.2, 0) is 23.0 Å². The molecule has 4 atom stereocenters. The lowest BCUT2D eigenvalue weighted by molar-refractivity contribution is 0.0924. The first-order valence-electron chi connectivity index (χ1n) is 16.9. The third-order valence-corrected chi connectivity index (χ3v) is 10.6. The van der Waals surface area contributed by atoms with Gasteiger partial charge in [0.15, 0.2) is 28.8 Å². The highest BCUT2D eigenvalue weighted by Gasteiger charge is 2.49. The van der Waals surface area contributed by atoms with Crippen molar-refractivity contribution in [1.82, 2.24) is 35.1 Å². The number of fused-ring (bicyclic) bond motifs is 4. The maximum Gasteiger partial charge on any atom is 0.272 e. The lowest BCUT2D eigenvalue weighted by atomic mass is 9.68. The Bertz CT molecular complexity index is 1920. The van der Waals surface area contributed by atoms with Crippen LogP contribution in [-0.4, -0.2) is 80.7 Å². The summed E-state index contributed by atoms with van der Waals surface area (Å²) >= 11 is 0. The predicted molar refractivity (Wildman–Crippen MR) is 175 cm³/mol. The Morgan fingerprint density at radius 3 is 2.90 bits per heavy atom. The van der Waals surface area contributed by atoms with E-state index in [4.69, 9.17) is 29.7 Å². The van der Waals surface area contributed by atoms with Gasteiger partial charge in [-0.1, -0.05) is 11.2 Å². The average Bonchev–Trinajstić information content (AvgIpc) is 3.93. The Balaban J connectivity index is 1.19. The summed E-state index contributed by atoms with van der Waals surface area (Å²) in [5.74, 6) is 1.68. The highest BCUT2D eigenvalue weighted by Crippen LogP contribution is 2.54. The van der Waals surface area contributed by atoms with Crippen LogP contribution in [0.1, 0.15) is 84.0 Å². The molecule has 48 heavy (non-hydrogen) atoms. The molecule has 0 unspecified atom stereocenters. The first-order valence-corrected chi connectivity index (χ1v) is 16.9. The third kappa shape index (κ3) is 5.11. The van der Waals surface area contributed by atoms with E-state index in [0.717, 1.165) is 80.4 Å². The number of likely N-dealkylation sites (N-methyl/N-ethyl adjacent to an activating group) is 1. The number of likely N-dealkylation sites (tertiary alicyclic amines) is 1. The topological polar surface area (TPSA) is 170 Å². The molecule has 13 nitrogen and oxygen atoms in total. The van der Waals surface area contributed by atoms with Crippen LogP contribution in [0.4, 0.5) is 5.69 Å². The van der Waals surface area contributed by atoms with Crippen LogP contribution in [0.3, 0.4) is 0 Å². The lowest BCUT2D eigenvalue weighted by Crippen LogP contribution is -2.38. The number of nitrogens with one attached hydrogen (secondary N) is 1. The van der Waals surface area contributed by atoms with E-state index in [1.807, 2.05) is 12.1 Å². The van der Waals surface area contributed by atoms with Gasteiger partial charge in [-0.2, -0.15) is 15.3 Å². The van der Waals surface area contributed by atoms with Crippen LogP contribution in [0, 0.1) is 11.3 Å². The molecule has 2 aliphatic heterocycles. The van der Waals surface area contributed by atoms with Crippen molar-refractivity contribution in [2.75, 3.05) is 32.5 Å². The molecule has 0 bridgehead atoms. The van der Waals surface area contributed by atoms with E-state index < -0.39 is 5.41 Å². The summed E-state index contributed by atoms with van der Waals surface area (Å²) in [6, 6.07) is 9.87. The van der Waals surface area contributed by atoms with Gasteiger partial charge in [0, 0.05) is 36.2 Å². The third-order valence-electron chi connectivity index (χ3n) is 10.6. The first kappa shape index (κ1) is 30.5. The molecule has 4 aromatic rings. The minimum atomic E-state index is -0.484. The maximum absolute atomic E-state index is 13.0. The predicted octanol–water partition coefficient (Wildman–Crippen LogP) is 3.72. The Labute approximate surface area is 278 Å². The molecule has 4 aliphatic rings. The van der Waals surface area contributed by atoms with Crippen LogP contribution in [0.15, 0.2) is 35.0 Å². The summed E-state index contributed by atoms with van der Waals surface area (Å²) in [4.78, 5) is 25.1. The summed E-state index contributed by atoms with van der Waals surface area (Å²) in [6.07, 6.45) is 8.63. The van der Waals surface area contributed by atoms with Gasteiger partial charge in [-0.25, -0.2) is 9.67 Å². The standard InChI is InChI=1S/C35H39N9O4/c1-20(27-6-4-14-43(27)2)47-29-17-28(44-15-10-26(41-44)34(45)38-22-11-16-46-19-22)39-33(40-29)31-23-5-3-12-35(32(23)48-42-31)13-9-21-7-8-25(37)24(18-36)30(21)35/h7-8,10,15,17,20,22,27H,3-6,9,11-14,16,19,37H2,1-2H3,(H,38,45)/t20-,22+,27-,35-/m0/s1. The van der Waals surface area contributed by atoms with Crippen molar-refractivity contribution in [3.05, 3.63) is 64.2 Å². The summed E-state index contributed by atoms with van der Waals surface area (Å²) in [5, 5.41) is 22.3. The number of hydrogen-bond donors (Lipinski definition) is 2. The number of aromatic nitrogens is 5. The van der Waals surface area contributed by atoms with Crippen molar-refractivity contribution in [2.24, 2.45) is 0 Å². The van der Waals surface area contributed by atoms with Crippen molar-refractivity contribution < 1.29 is 18.8 Å². The number of ether oxygens (including phenoxy) is 2. The Kier molecular flexibility index (Phi) is 7.64. The highest BCUT2D eigenvalue weighted by molar-refractivity contribution is 5.92. The molecule has 2 saturated heterocycles. The van der Waals surface area contributed by atoms with Gasteiger partial charge in [-0.15, -0.1) is 0 Å². The fourth-order valence-electron chi connectivity index (χ4n) is 8.24. The molecule has 1 amide bonds. The largest absolute Gasteiger partial charge is 0.473 e. The normalized spacial score (nSPS) is 23.9. The van der Waals surface area contributed by atoms with Gasteiger partial charge in [-0.3, -0.25) is 9.69 Å². The molecule has 3 N–H and O–H groups in total. The molecule has 8 rings (SSSR count). The smallest absolute Gasteiger partial charge is 0.272 e. The number of rotatable bonds is 7. The molecule has 0 radical (unpaired) electrons. The Morgan fingerprint density at radius 2 is 2.10 bits per heavy atom. The van der Waals surface area contributed by atoms with Crippen molar-refractivity contribution >= 4 is 11.6 Å². The van der Waals surface area contributed by atoms with Crippen LogP contribution in [0.2, 0.25) is 0 Å². The summed E-state index contributed by atoms with van der Waals surface area (Å²) in [6.45, 7) is 4.22. The Morgan fingerprint density at radius 1 is 1.21 bits per heavy atom. The second kappa shape index (κ2) is 12.0. The number of benzene rings is 1. The fourth-order valence-corrected chi connectivity index (χ4v) is 8.24. The molecule has 3 aromatic heterocycles. The fraction of sp³-hybridized carbons (Fsp3) is 0.486. The number of aryl methyl sites for hydroxylation is 1. The number of nitrogen functional groups attached to an aromatic ring is 1. The Hall–Kier alpha value is -4.80. The van der Waals surface area contributed by atoms with Crippen LogP contribution in [0.25, 0.3) is 17.3 Å². The van der Waals surface area contributed by atoms with Crippen LogP contribution < -0.4 is 15.8 Å². The molecule has 2 aliphatic carbocycles. The lowest BCUT2D eigenvalue weighted by Gasteiger charge is -2.33. The number of nitriles is 1. The number of amides is 1. The van der Waals surface area contributed by atoms with Gasteiger partial charge in [0.25, 0.3) is 5.91 Å². The van der Waals surface area contributed by atoms with E-state index in [2.05, 4.69) is 40.5 Å². The minimum absolute atomic E-state index is 0.0299. The molecule has 1 aromatic carbocycles. The summed E-state index contributed by atoms with van der Waals surface area (Å²) < 4.78 is 19.7. The zero-order valence-electron chi connectivity index (χ0n) is 27.2. The molecule has 5 heterocycles. The number of carbonyl (C=O) groups excluding carboxylic acids is 1. The molecule has 1 spiro atoms. The van der Waals surface area contributed by atoms with E-state index in [0.29, 0.717) is 47.7 Å². The van der Waals surface area contributed by atoms with E-state index in [-0.39, 0.29) is 29.8 Å². The SMILES string of the molecule is C[C@H](Oc1cc(-n2ccc(C(=O)N[C@@H]3CCOC3)n2)nc(-c2noc3c2CCC[C@@]32CCc3ccc(N)c(C#N)c32)n1)[C@@H]1CCCN1C. The highest BCUT2D eigenvalue weighted by atomic mass is 16.5. The van der Waals surface area contributed by atoms with Crippen molar-refractivity contribution in [1.29, 1.82) is 5.26 Å². The molecular weight excluding hydrogens is 610 g/mol. The van der Waals surface area contributed by atoms with Gasteiger partial charge in [0.2, 0.25) is 5.88 Å². The second-order valence-electron chi connectivity index (χ2n) is 13.5. The number of nitrogens with two attached hydrogens (primary N) is 1. The number of anilines is 1. The second-order valence-corrected chi connectivity index (χ2v) is 13.5. The first-order chi connectivity index (χ1) is 23.3. The van der Waals surface area contributed by atoms with E-state index in [9.17, 15) is 10.1 Å². The average molecular weight is 650 g/mol.